The summed E-state index contributed by atoms with van der Waals surface area (Å²) < 4.78 is 0. The molecule has 0 aromatic heterocycles. The van der Waals surface area contributed by atoms with E-state index in [0.29, 0.717) is 17.5 Å². The highest BCUT2D eigenvalue weighted by Gasteiger charge is 2.10. The van der Waals surface area contributed by atoms with E-state index in [1.165, 1.54) is 5.56 Å². The summed E-state index contributed by atoms with van der Waals surface area (Å²) in [4.78, 5) is 0. The van der Waals surface area contributed by atoms with Gasteiger partial charge in [-0.1, -0.05) is 18.5 Å². The lowest BCUT2D eigenvalue weighted by Crippen LogP contribution is -2.05. The van der Waals surface area contributed by atoms with Crippen LogP contribution in [0.15, 0.2) is 12.1 Å². The lowest BCUT2D eigenvalue weighted by atomic mass is 9.93. The number of aryl methyl sites for hydroxylation is 1. The average molecular weight is 214 g/mol. The SMILES string of the molecule is Cc1cc(O)c(Cl)cc1C(C)CCN. The van der Waals surface area contributed by atoms with Gasteiger partial charge < -0.3 is 10.8 Å². The van der Waals surface area contributed by atoms with Crippen molar-refractivity contribution in [1.82, 2.24) is 0 Å². The van der Waals surface area contributed by atoms with Crippen molar-refractivity contribution in [2.45, 2.75) is 26.2 Å². The third kappa shape index (κ3) is 2.40. The molecular weight excluding hydrogens is 198 g/mol. The molecule has 3 N–H and O–H groups in total. The summed E-state index contributed by atoms with van der Waals surface area (Å²) in [6.07, 6.45) is 0.932. The highest BCUT2D eigenvalue weighted by molar-refractivity contribution is 6.32. The molecule has 0 saturated heterocycles. The lowest BCUT2D eigenvalue weighted by Gasteiger charge is -2.14. The molecule has 0 spiro atoms. The van der Waals surface area contributed by atoms with E-state index in [0.717, 1.165) is 12.0 Å². The molecule has 1 atom stereocenters. The van der Waals surface area contributed by atoms with Gasteiger partial charge in [0.05, 0.1) is 5.02 Å². The predicted octanol–water partition coefficient (Wildman–Crippen LogP) is 2.81. The van der Waals surface area contributed by atoms with Crippen molar-refractivity contribution in [1.29, 1.82) is 0 Å². The van der Waals surface area contributed by atoms with Gasteiger partial charge in [-0.3, -0.25) is 0 Å². The normalized spacial score (nSPS) is 12.9. The summed E-state index contributed by atoms with van der Waals surface area (Å²) in [6, 6.07) is 3.53. The first-order valence-electron chi connectivity index (χ1n) is 4.75. The van der Waals surface area contributed by atoms with Crippen LogP contribution in [-0.2, 0) is 0 Å². The fourth-order valence-corrected chi connectivity index (χ4v) is 1.79. The monoisotopic (exact) mass is 213 g/mol. The van der Waals surface area contributed by atoms with Crippen LogP contribution >= 0.6 is 11.6 Å². The molecule has 0 radical (unpaired) electrons. The van der Waals surface area contributed by atoms with E-state index in [4.69, 9.17) is 17.3 Å². The zero-order chi connectivity index (χ0) is 10.7. The number of phenols is 1. The first-order valence-corrected chi connectivity index (χ1v) is 5.13. The summed E-state index contributed by atoms with van der Waals surface area (Å²) in [5.74, 6) is 0.533. The molecule has 1 unspecified atom stereocenters. The molecule has 0 heterocycles. The smallest absolute Gasteiger partial charge is 0.134 e. The third-order valence-electron chi connectivity index (χ3n) is 2.47. The summed E-state index contributed by atoms with van der Waals surface area (Å²) in [6.45, 7) is 4.75. The summed E-state index contributed by atoms with van der Waals surface area (Å²) >= 11 is 5.85. The van der Waals surface area contributed by atoms with Crippen molar-refractivity contribution in [3.05, 3.63) is 28.3 Å². The van der Waals surface area contributed by atoms with Crippen LogP contribution in [0.3, 0.4) is 0 Å². The second-order valence-electron chi connectivity index (χ2n) is 3.64. The van der Waals surface area contributed by atoms with Crippen molar-refractivity contribution in [3.63, 3.8) is 0 Å². The van der Waals surface area contributed by atoms with Gasteiger partial charge in [-0.2, -0.15) is 0 Å². The molecule has 14 heavy (non-hydrogen) atoms. The molecule has 78 valence electrons. The van der Waals surface area contributed by atoms with Crippen molar-refractivity contribution < 1.29 is 5.11 Å². The number of benzene rings is 1. The van der Waals surface area contributed by atoms with Gasteiger partial charge in [0, 0.05) is 0 Å². The summed E-state index contributed by atoms with van der Waals surface area (Å²) in [5, 5.41) is 9.79. The van der Waals surface area contributed by atoms with Crippen LogP contribution in [0.1, 0.15) is 30.4 Å². The second-order valence-corrected chi connectivity index (χ2v) is 4.05. The predicted molar refractivity (Wildman–Crippen MR) is 59.9 cm³/mol. The van der Waals surface area contributed by atoms with Gasteiger partial charge in [0.25, 0.3) is 0 Å². The Morgan fingerprint density at radius 3 is 2.71 bits per heavy atom. The molecule has 0 aliphatic rings. The minimum atomic E-state index is 0.146. The van der Waals surface area contributed by atoms with E-state index in [9.17, 15) is 5.11 Å². The Morgan fingerprint density at radius 1 is 1.50 bits per heavy atom. The number of phenolic OH excluding ortho intramolecular Hbond substituents is 1. The fourth-order valence-electron chi connectivity index (χ4n) is 1.62. The number of hydrogen-bond acceptors (Lipinski definition) is 2. The van der Waals surface area contributed by atoms with Gasteiger partial charge in [0.2, 0.25) is 0 Å². The van der Waals surface area contributed by atoms with Crippen molar-refractivity contribution >= 4 is 11.6 Å². The van der Waals surface area contributed by atoms with Gasteiger partial charge in [-0.15, -0.1) is 0 Å². The molecule has 0 bridgehead atoms. The van der Waals surface area contributed by atoms with Crippen LogP contribution in [-0.4, -0.2) is 11.7 Å². The Labute approximate surface area is 89.7 Å². The Kier molecular flexibility index (Phi) is 3.78. The quantitative estimate of drug-likeness (QED) is 0.811. The van der Waals surface area contributed by atoms with E-state index < -0.39 is 0 Å². The molecule has 1 aromatic carbocycles. The topological polar surface area (TPSA) is 46.2 Å². The maximum Gasteiger partial charge on any atom is 0.134 e. The van der Waals surface area contributed by atoms with E-state index in [1.54, 1.807) is 6.07 Å². The van der Waals surface area contributed by atoms with E-state index in [-0.39, 0.29) is 5.75 Å². The van der Waals surface area contributed by atoms with Crippen molar-refractivity contribution in [3.8, 4) is 5.75 Å². The number of aromatic hydroxyl groups is 1. The Morgan fingerprint density at radius 2 is 2.14 bits per heavy atom. The van der Waals surface area contributed by atoms with Crippen LogP contribution in [0.25, 0.3) is 0 Å². The number of nitrogens with two attached hydrogens (primary N) is 1. The highest BCUT2D eigenvalue weighted by Crippen LogP contribution is 2.31. The third-order valence-corrected chi connectivity index (χ3v) is 2.77. The van der Waals surface area contributed by atoms with Crippen molar-refractivity contribution in [2.75, 3.05) is 6.54 Å². The van der Waals surface area contributed by atoms with Gasteiger partial charge >= 0.3 is 0 Å². The molecule has 0 fully saturated rings. The zero-order valence-corrected chi connectivity index (χ0v) is 9.30. The van der Waals surface area contributed by atoms with Gasteiger partial charge in [-0.05, 0) is 49.1 Å². The average Bonchev–Trinajstić information content (AvgIpc) is 2.11. The maximum absolute atomic E-state index is 9.38. The summed E-state index contributed by atoms with van der Waals surface area (Å²) in [5.41, 5.74) is 7.73. The van der Waals surface area contributed by atoms with E-state index in [2.05, 4.69) is 6.92 Å². The Bertz CT molecular complexity index is 325. The molecule has 0 saturated carbocycles. The minimum absolute atomic E-state index is 0.146. The minimum Gasteiger partial charge on any atom is -0.506 e. The summed E-state index contributed by atoms with van der Waals surface area (Å²) in [7, 11) is 0. The first kappa shape index (κ1) is 11.3. The van der Waals surface area contributed by atoms with Crippen LogP contribution in [0.2, 0.25) is 5.02 Å². The number of hydrogen-bond donors (Lipinski definition) is 2. The maximum atomic E-state index is 9.38. The van der Waals surface area contributed by atoms with Gasteiger partial charge in [-0.25, -0.2) is 0 Å². The van der Waals surface area contributed by atoms with Crippen LogP contribution < -0.4 is 5.73 Å². The molecule has 1 aromatic rings. The standard InChI is InChI=1S/C11H16ClNO/c1-7(3-4-13)9-6-10(12)11(14)5-8(9)2/h5-7,14H,3-4,13H2,1-2H3. The molecule has 0 amide bonds. The van der Waals surface area contributed by atoms with E-state index in [1.807, 2.05) is 13.0 Å². The molecule has 3 heteroatoms. The first-order chi connectivity index (χ1) is 6.56. The van der Waals surface area contributed by atoms with Crippen LogP contribution in [0, 0.1) is 6.92 Å². The molecule has 0 aliphatic heterocycles. The highest BCUT2D eigenvalue weighted by atomic mass is 35.5. The largest absolute Gasteiger partial charge is 0.506 e. The van der Waals surface area contributed by atoms with Crippen molar-refractivity contribution in [2.24, 2.45) is 5.73 Å². The van der Waals surface area contributed by atoms with Crippen LogP contribution in [0.5, 0.6) is 5.75 Å². The Hall–Kier alpha value is -0.730. The van der Waals surface area contributed by atoms with Gasteiger partial charge in [0.15, 0.2) is 0 Å². The Balaban J connectivity index is 3.02. The molecule has 2 nitrogen and oxygen atoms in total. The molecular formula is C11H16ClNO. The number of rotatable bonds is 3. The van der Waals surface area contributed by atoms with E-state index >= 15 is 0 Å². The zero-order valence-electron chi connectivity index (χ0n) is 8.55. The molecule has 1 rings (SSSR count). The van der Waals surface area contributed by atoms with Gasteiger partial charge in [0.1, 0.15) is 5.75 Å². The molecule has 0 aliphatic carbocycles. The fraction of sp³-hybridized carbons (Fsp3) is 0.455. The second kappa shape index (κ2) is 4.67. The van der Waals surface area contributed by atoms with Crippen LogP contribution in [0.4, 0.5) is 0 Å². The lowest BCUT2D eigenvalue weighted by molar-refractivity contribution is 0.474. The number of halogens is 1.